The fourth-order valence-electron chi connectivity index (χ4n) is 1.13. The van der Waals surface area contributed by atoms with Crippen LogP contribution in [-0.4, -0.2) is 23.5 Å². The molecule has 0 aliphatic carbocycles. The second-order valence-corrected chi connectivity index (χ2v) is 4.13. The number of nitrogens with zero attached hydrogens (tertiary/aromatic N) is 1. The van der Waals surface area contributed by atoms with Crippen LogP contribution in [0, 0.1) is 0 Å². The summed E-state index contributed by atoms with van der Waals surface area (Å²) in [6.07, 6.45) is 2.23. The van der Waals surface area contributed by atoms with Gasteiger partial charge in [0.2, 0.25) is 5.91 Å². The first kappa shape index (κ1) is 15.3. The van der Waals surface area contributed by atoms with Crippen molar-refractivity contribution in [2.24, 2.45) is 5.73 Å². The maximum Gasteiger partial charge on any atom is 0.354 e. The average Bonchev–Trinajstić information content (AvgIpc) is 2.31. The van der Waals surface area contributed by atoms with E-state index in [2.05, 4.69) is 10.3 Å². The highest BCUT2D eigenvalue weighted by Crippen LogP contribution is 2.23. The molecule has 0 atom stereocenters. The molecular formula is C11H11Cl2N3O3. The van der Waals surface area contributed by atoms with Gasteiger partial charge in [-0.15, -0.1) is 0 Å². The smallest absolute Gasteiger partial charge is 0.354 e. The molecule has 0 saturated carbocycles. The van der Waals surface area contributed by atoms with Crippen molar-refractivity contribution in [3.63, 3.8) is 0 Å². The summed E-state index contributed by atoms with van der Waals surface area (Å²) in [5.41, 5.74) is 4.84. The maximum absolute atomic E-state index is 11.6. The minimum Gasteiger partial charge on any atom is -0.461 e. The van der Waals surface area contributed by atoms with E-state index >= 15 is 0 Å². The van der Waals surface area contributed by atoms with E-state index in [1.807, 2.05) is 0 Å². The zero-order valence-electron chi connectivity index (χ0n) is 9.94. The van der Waals surface area contributed by atoms with Gasteiger partial charge >= 0.3 is 5.97 Å². The van der Waals surface area contributed by atoms with Crippen molar-refractivity contribution in [2.45, 2.75) is 6.92 Å². The van der Waals surface area contributed by atoms with Crippen molar-refractivity contribution < 1.29 is 14.3 Å². The van der Waals surface area contributed by atoms with Gasteiger partial charge in [0, 0.05) is 12.3 Å². The second-order valence-electron chi connectivity index (χ2n) is 3.29. The third-order valence-corrected chi connectivity index (χ3v) is 2.34. The van der Waals surface area contributed by atoms with Crippen LogP contribution >= 0.6 is 23.2 Å². The predicted molar refractivity (Wildman–Crippen MR) is 71.8 cm³/mol. The molecule has 0 aliphatic heterocycles. The lowest BCUT2D eigenvalue weighted by molar-refractivity contribution is -0.138. The van der Waals surface area contributed by atoms with Crippen molar-refractivity contribution in [2.75, 3.05) is 11.9 Å². The lowest BCUT2D eigenvalue weighted by Crippen LogP contribution is -2.19. The van der Waals surface area contributed by atoms with E-state index in [0.29, 0.717) is 5.02 Å². The first-order chi connectivity index (χ1) is 8.93. The first-order valence-electron chi connectivity index (χ1n) is 5.20. The van der Waals surface area contributed by atoms with Crippen LogP contribution in [0.2, 0.25) is 10.0 Å². The Hall–Kier alpha value is -1.79. The molecule has 1 heterocycles. The molecule has 0 bridgehead atoms. The van der Waals surface area contributed by atoms with E-state index in [1.165, 1.54) is 12.3 Å². The molecule has 1 aromatic rings. The summed E-state index contributed by atoms with van der Waals surface area (Å²) < 4.78 is 4.77. The zero-order chi connectivity index (χ0) is 14.4. The summed E-state index contributed by atoms with van der Waals surface area (Å²) in [5, 5.41) is 3.10. The molecule has 19 heavy (non-hydrogen) atoms. The molecule has 6 nitrogen and oxygen atoms in total. The number of primary amides is 1. The van der Waals surface area contributed by atoms with Crippen LogP contribution in [-0.2, 0) is 14.3 Å². The number of ether oxygens (including phenoxy) is 1. The van der Waals surface area contributed by atoms with Crippen LogP contribution in [0.3, 0.4) is 0 Å². The number of hydrogen-bond acceptors (Lipinski definition) is 5. The number of carbonyl (C=O) groups excluding carboxylic acids is 2. The topological polar surface area (TPSA) is 94.3 Å². The van der Waals surface area contributed by atoms with Crippen molar-refractivity contribution in [1.29, 1.82) is 0 Å². The fourth-order valence-corrected chi connectivity index (χ4v) is 1.56. The van der Waals surface area contributed by atoms with Crippen LogP contribution in [0.1, 0.15) is 6.92 Å². The number of carbonyl (C=O) groups is 2. The zero-order valence-corrected chi connectivity index (χ0v) is 11.5. The summed E-state index contributed by atoms with van der Waals surface area (Å²) >= 11 is 11.6. The summed E-state index contributed by atoms with van der Waals surface area (Å²) in [4.78, 5) is 26.4. The number of nitrogens with two attached hydrogens (primary N) is 1. The van der Waals surface area contributed by atoms with E-state index in [0.717, 1.165) is 6.08 Å². The molecule has 1 aromatic heterocycles. The molecule has 102 valence electrons. The minimum absolute atomic E-state index is 0.151. The van der Waals surface area contributed by atoms with Crippen LogP contribution < -0.4 is 11.1 Å². The van der Waals surface area contributed by atoms with Gasteiger partial charge in [-0.05, 0) is 13.0 Å². The van der Waals surface area contributed by atoms with Gasteiger partial charge in [-0.1, -0.05) is 23.2 Å². The Balaban J connectivity index is 3.01. The third-order valence-electron chi connectivity index (χ3n) is 1.84. The summed E-state index contributed by atoms with van der Waals surface area (Å²) in [5.74, 6) is -1.39. The van der Waals surface area contributed by atoms with Gasteiger partial charge in [-0.2, -0.15) is 0 Å². The van der Waals surface area contributed by atoms with Crippen molar-refractivity contribution in [3.8, 4) is 0 Å². The largest absolute Gasteiger partial charge is 0.461 e. The summed E-state index contributed by atoms with van der Waals surface area (Å²) in [7, 11) is 0. The standard InChI is InChI=1S/C11H11Cl2N3O3/c1-2-19-11(18)8(4-9(14)17)16-10-7(13)3-6(12)5-15-10/h3-5H,2H2,1H3,(H2,14,17)(H,15,16)/b8-4-. The molecule has 0 aromatic carbocycles. The number of nitrogens with one attached hydrogen (secondary N) is 1. The van der Waals surface area contributed by atoms with E-state index in [4.69, 9.17) is 33.7 Å². The highest BCUT2D eigenvalue weighted by atomic mass is 35.5. The third kappa shape index (κ3) is 4.76. The number of rotatable bonds is 5. The van der Waals surface area contributed by atoms with Gasteiger partial charge in [0.1, 0.15) is 11.5 Å². The summed E-state index contributed by atoms with van der Waals surface area (Å²) in [6.45, 7) is 1.78. The van der Waals surface area contributed by atoms with Crippen molar-refractivity contribution >= 4 is 40.9 Å². The normalized spacial score (nSPS) is 11.0. The number of pyridine rings is 1. The Morgan fingerprint density at radius 2 is 2.21 bits per heavy atom. The number of aromatic nitrogens is 1. The monoisotopic (exact) mass is 303 g/mol. The highest BCUT2D eigenvalue weighted by Gasteiger charge is 2.14. The van der Waals surface area contributed by atoms with Gasteiger partial charge in [0.15, 0.2) is 0 Å². The average molecular weight is 304 g/mol. The lowest BCUT2D eigenvalue weighted by atomic mass is 10.3. The lowest BCUT2D eigenvalue weighted by Gasteiger charge is -2.10. The van der Waals surface area contributed by atoms with Crippen molar-refractivity contribution in [3.05, 3.63) is 34.1 Å². The molecule has 1 rings (SSSR count). The van der Waals surface area contributed by atoms with E-state index < -0.39 is 11.9 Å². The Morgan fingerprint density at radius 1 is 1.53 bits per heavy atom. The SMILES string of the molecule is CCOC(=O)/C(=C/C(N)=O)Nc1ncc(Cl)cc1Cl. The summed E-state index contributed by atoms with van der Waals surface area (Å²) in [6, 6.07) is 1.44. The quantitative estimate of drug-likeness (QED) is 0.638. The number of hydrogen-bond donors (Lipinski definition) is 2. The Kier molecular flexibility index (Phi) is 5.59. The number of amides is 1. The molecule has 3 N–H and O–H groups in total. The molecule has 8 heteroatoms. The van der Waals surface area contributed by atoms with Gasteiger partial charge < -0.3 is 15.8 Å². The van der Waals surface area contributed by atoms with E-state index in [9.17, 15) is 9.59 Å². The molecule has 1 amide bonds. The van der Waals surface area contributed by atoms with Gasteiger partial charge in [-0.3, -0.25) is 4.79 Å². The molecule has 0 radical (unpaired) electrons. The fraction of sp³-hybridized carbons (Fsp3) is 0.182. The van der Waals surface area contributed by atoms with E-state index in [1.54, 1.807) is 6.92 Å². The molecule has 0 unspecified atom stereocenters. The van der Waals surface area contributed by atoms with Gasteiger partial charge in [0.25, 0.3) is 0 Å². The predicted octanol–water partition coefficient (Wildman–Crippen LogP) is 1.73. The van der Waals surface area contributed by atoms with Crippen LogP contribution in [0.25, 0.3) is 0 Å². The van der Waals surface area contributed by atoms with Crippen LogP contribution in [0.5, 0.6) is 0 Å². The molecule has 0 fully saturated rings. The second kappa shape index (κ2) is 6.96. The van der Waals surface area contributed by atoms with Crippen molar-refractivity contribution in [1.82, 2.24) is 4.98 Å². The van der Waals surface area contributed by atoms with Gasteiger partial charge in [-0.25, -0.2) is 9.78 Å². The van der Waals surface area contributed by atoms with Gasteiger partial charge in [0.05, 0.1) is 16.7 Å². The molecule has 0 aliphatic rings. The molecule has 0 saturated heterocycles. The Bertz CT molecular complexity index is 532. The Labute approximate surface area is 119 Å². The van der Waals surface area contributed by atoms with E-state index in [-0.39, 0.29) is 23.1 Å². The van der Waals surface area contributed by atoms with Crippen LogP contribution in [0.4, 0.5) is 5.82 Å². The number of halogens is 2. The first-order valence-corrected chi connectivity index (χ1v) is 5.96. The molecule has 0 spiro atoms. The van der Waals surface area contributed by atoms with Crippen LogP contribution in [0.15, 0.2) is 24.0 Å². The maximum atomic E-state index is 11.6. The number of esters is 1. The number of anilines is 1. The Morgan fingerprint density at radius 3 is 2.74 bits per heavy atom. The molecular weight excluding hydrogens is 293 g/mol. The minimum atomic E-state index is -0.805. The highest BCUT2D eigenvalue weighted by molar-refractivity contribution is 6.36.